The maximum Gasteiger partial charge on any atom is 0.418 e. The molecule has 3 rings (SSSR count). The van der Waals surface area contributed by atoms with E-state index in [0.717, 1.165) is 35.0 Å². The maximum absolute atomic E-state index is 14.3. The van der Waals surface area contributed by atoms with Crippen LogP contribution in [0.3, 0.4) is 0 Å². The van der Waals surface area contributed by atoms with Crippen molar-refractivity contribution in [3.05, 3.63) is 63.5 Å². The number of non-ortho nitro benzene ring substituents is 1. The lowest BCUT2D eigenvalue weighted by Gasteiger charge is -2.26. The van der Waals surface area contributed by atoms with Crippen LogP contribution in [0.5, 0.6) is 0 Å². The number of hydrogen-bond acceptors (Lipinski definition) is 7. The SMILES string of the molecule is O=C(COC(=O)c1ccc(F)c(S(=O)(=O)N2CCCCC2)c1)Nc1ccc([N+](=O)[O-])cc1C(F)(F)F. The summed E-state index contributed by atoms with van der Waals surface area (Å²) in [6.45, 7) is -0.683. The van der Waals surface area contributed by atoms with Gasteiger partial charge in [0, 0.05) is 25.2 Å². The molecule has 194 valence electrons. The van der Waals surface area contributed by atoms with Crippen molar-refractivity contribution in [3.8, 4) is 0 Å². The summed E-state index contributed by atoms with van der Waals surface area (Å²) in [4.78, 5) is 33.4. The first-order valence-electron chi connectivity index (χ1n) is 10.4. The summed E-state index contributed by atoms with van der Waals surface area (Å²) >= 11 is 0. The topological polar surface area (TPSA) is 136 Å². The Morgan fingerprint density at radius 1 is 1.08 bits per heavy atom. The lowest BCUT2D eigenvalue weighted by atomic mass is 10.1. The molecule has 1 aliphatic rings. The fraction of sp³-hybridized carbons (Fsp3) is 0.333. The number of anilines is 1. The molecule has 2 aromatic carbocycles. The van der Waals surface area contributed by atoms with E-state index < -0.39 is 72.8 Å². The van der Waals surface area contributed by atoms with Gasteiger partial charge in [0.2, 0.25) is 10.0 Å². The minimum Gasteiger partial charge on any atom is -0.452 e. The summed E-state index contributed by atoms with van der Waals surface area (Å²) in [5, 5.41) is 12.6. The number of nitro groups is 1. The third-order valence-corrected chi connectivity index (χ3v) is 7.14. The van der Waals surface area contributed by atoms with Gasteiger partial charge in [-0.3, -0.25) is 14.9 Å². The fourth-order valence-corrected chi connectivity index (χ4v) is 5.07. The molecule has 0 aliphatic carbocycles. The van der Waals surface area contributed by atoms with Crippen molar-refractivity contribution in [2.75, 3.05) is 25.0 Å². The predicted octanol–water partition coefficient (Wildman–Crippen LogP) is 3.72. The molecule has 1 saturated heterocycles. The number of esters is 1. The third-order valence-electron chi connectivity index (χ3n) is 5.23. The molecule has 1 amide bonds. The molecule has 1 aliphatic heterocycles. The van der Waals surface area contributed by atoms with E-state index in [9.17, 15) is 45.7 Å². The number of carbonyl (C=O) groups excluding carboxylic acids is 2. The first-order valence-corrected chi connectivity index (χ1v) is 11.9. The molecule has 1 heterocycles. The summed E-state index contributed by atoms with van der Waals surface area (Å²) in [5.74, 6) is -3.52. The number of alkyl halides is 3. The fourth-order valence-electron chi connectivity index (χ4n) is 3.46. The van der Waals surface area contributed by atoms with Crippen molar-refractivity contribution < 1.29 is 45.2 Å². The minimum absolute atomic E-state index is 0.194. The first-order chi connectivity index (χ1) is 16.8. The van der Waals surface area contributed by atoms with E-state index in [2.05, 4.69) is 0 Å². The number of carbonyl (C=O) groups is 2. The number of rotatable bonds is 7. The van der Waals surface area contributed by atoms with Crippen LogP contribution in [-0.2, 0) is 25.7 Å². The molecule has 1 N–H and O–H groups in total. The quantitative estimate of drug-likeness (QED) is 0.248. The normalized spacial score (nSPS) is 14.8. The largest absolute Gasteiger partial charge is 0.452 e. The highest BCUT2D eigenvalue weighted by atomic mass is 32.2. The Morgan fingerprint density at radius 3 is 2.36 bits per heavy atom. The molecule has 0 bridgehead atoms. The van der Waals surface area contributed by atoms with E-state index in [4.69, 9.17) is 4.74 Å². The van der Waals surface area contributed by atoms with Crippen LogP contribution in [0.25, 0.3) is 0 Å². The summed E-state index contributed by atoms with van der Waals surface area (Å²) in [7, 11) is -4.23. The van der Waals surface area contributed by atoms with Crippen LogP contribution in [-0.4, -0.2) is 49.2 Å². The molecule has 0 radical (unpaired) electrons. The average molecular weight is 533 g/mol. The van der Waals surface area contributed by atoms with E-state index in [1.165, 1.54) is 0 Å². The van der Waals surface area contributed by atoms with Gasteiger partial charge >= 0.3 is 12.1 Å². The van der Waals surface area contributed by atoms with E-state index in [1.54, 1.807) is 0 Å². The van der Waals surface area contributed by atoms with E-state index in [0.29, 0.717) is 18.9 Å². The molecular formula is C21H19F4N3O7S. The van der Waals surface area contributed by atoms with Gasteiger partial charge in [-0.15, -0.1) is 0 Å². The van der Waals surface area contributed by atoms with Gasteiger partial charge in [-0.2, -0.15) is 17.5 Å². The van der Waals surface area contributed by atoms with Crippen molar-refractivity contribution in [3.63, 3.8) is 0 Å². The molecule has 36 heavy (non-hydrogen) atoms. The number of benzene rings is 2. The molecule has 0 atom stereocenters. The number of ether oxygens (including phenoxy) is 1. The van der Waals surface area contributed by atoms with Crippen LogP contribution in [0, 0.1) is 15.9 Å². The third kappa shape index (κ3) is 6.15. The number of sulfonamides is 1. The molecule has 0 spiro atoms. The highest BCUT2D eigenvalue weighted by molar-refractivity contribution is 7.89. The molecule has 10 nitrogen and oxygen atoms in total. The van der Waals surface area contributed by atoms with E-state index in [-0.39, 0.29) is 19.2 Å². The highest BCUT2D eigenvalue weighted by Crippen LogP contribution is 2.37. The van der Waals surface area contributed by atoms with Gasteiger partial charge in [0.1, 0.15) is 10.7 Å². The maximum atomic E-state index is 14.3. The molecule has 0 unspecified atom stereocenters. The van der Waals surface area contributed by atoms with E-state index >= 15 is 0 Å². The number of nitro benzene ring substituents is 1. The number of halogens is 4. The van der Waals surface area contributed by atoms with Crippen molar-refractivity contribution in [1.29, 1.82) is 0 Å². The second-order valence-electron chi connectivity index (χ2n) is 7.72. The van der Waals surface area contributed by atoms with Crippen LogP contribution >= 0.6 is 0 Å². The van der Waals surface area contributed by atoms with Crippen molar-refractivity contribution in [2.24, 2.45) is 0 Å². The van der Waals surface area contributed by atoms with Crippen molar-refractivity contribution in [1.82, 2.24) is 4.31 Å². The first kappa shape index (κ1) is 27.0. The molecule has 1 fully saturated rings. The highest BCUT2D eigenvalue weighted by Gasteiger charge is 2.36. The second-order valence-corrected chi connectivity index (χ2v) is 9.63. The number of nitrogens with one attached hydrogen (secondary N) is 1. The Balaban J connectivity index is 1.72. The van der Waals surface area contributed by atoms with Crippen LogP contribution < -0.4 is 5.32 Å². The number of amides is 1. The molecule has 15 heteroatoms. The Morgan fingerprint density at radius 2 is 1.75 bits per heavy atom. The van der Waals surface area contributed by atoms with Crippen LogP contribution in [0.2, 0.25) is 0 Å². The Kier molecular flexibility index (Phi) is 7.93. The number of hydrogen-bond donors (Lipinski definition) is 1. The molecule has 2 aromatic rings. The van der Waals surface area contributed by atoms with Crippen molar-refractivity contribution >= 4 is 33.3 Å². The summed E-state index contributed by atoms with van der Waals surface area (Å²) in [6.07, 6.45) is -3.01. The average Bonchev–Trinajstić information content (AvgIpc) is 2.82. The smallest absolute Gasteiger partial charge is 0.418 e. The van der Waals surface area contributed by atoms with Crippen LogP contribution in [0.4, 0.5) is 28.9 Å². The summed E-state index contributed by atoms with van der Waals surface area (Å²) in [6, 6.07) is 4.11. The van der Waals surface area contributed by atoms with Gasteiger partial charge in [0.15, 0.2) is 6.61 Å². The number of piperidine rings is 1. The molecule has 0 aromatic heterocycles. The second kappa shape index (κ2) is 10.6. The Hall–Kier alpha value is -3.59. The minimum atomic E-state index is -5.03. The van der Waals surface area contributed by atoms with Gasteiger partial charge in [-0.25, -0.2) is 17.6 Å². The Bertz CT molecular complexity index is 1290. The Labute approximate surface area is 202 Å². The van der Waals surface area contributed by atoms with Crippen LogP contribution in [0.15, 0.2) is 41.3 Å². The van der Waals surface area contributed by atoms with Gasteiger partial charge < -0.3 is 10.1 Å². The lowest BCUT2D eigenvalue weighted by Crippen LogP contribution is -2.36. The van der Waals surface area contributed by atoms with Crippen molar-refractivity contribution in [2.45, 2.75) is 30.3 Å². The lowest BCUT2D eigenvalue weighted by molar-refractivity contribution is -0.385. The van der Waals surface area contributed by atoms with Gasteiger partial charge in [-0.05, 0) is 37.1 Å². The summed E-state index contributed by atoms with van der Waals surface area (Å²) in [5.41, 5.74) is -3.53. The van der Waals surface area contributed by atoms with Gasteiger partial charge in [0.25, 0.3) is 11.6 Å². The zero-order valence-corrected chi connectivity index (χ0v) is 19.2. The predicted molar refractivity (Wildman–Crippen MR) is 116 cm³/mol. The van der Waals surface area contributed by atoms with E-state index in [1.807, 2.05) is 5.32 Å². The zero-order valence-electron chi connectivity index (χ0n) is 18.4. The summed E-state index contributed by atoms with van der Waals surface area (Å²) < 4.78 is 85.4. The van der Waals surface area contributed by atoms with Crippen LogP contribution in [0.1, 0.15) is 35.2 Å². The standard InChI is InChI=1S/C21H19F4N3O7S/c22-16-6-4-13(10-18(16)36(33,34)27-8-2-1-3-9-27)20(30)35-12-19(29)26-17-7-5-14(28(31)32)11-15(17)21(23,24)25/h4-7,10-11H,1-3,8-9,12H2,(H,26,29). The molecule has 0 saturated carbocycles. The number of nitrogens with zero attached hydrogens (tertiary/aromatic N) is 2. The van der Waals surface area contributed by atoms with Gasteiger partial charge in [0.05, 0.1) is 21.7 Å². The monoisotopic (exact) mass is 533 g/mol. The zero-order chi connectivity index (χ0) is 26.7. The molecular weight excluding hydrogens is 514 g/mol. The van der Waals surface area contributed by atoms with Gasteiger partial charge in [-0.1, -0.05) is 6.42 Å².